The smallest absolute Gasteiger partial charge is 0.123 e. The first-order valence-electron chi connectivity index (χ1n) is 8.70. The Morgan fingerprint density at radius 2 is 1.95 bits per heavy atom. The van der Waals surface area contributed by atoms with Crippen LogP contribution in [0.25, 0.3) is 0 Å². The monoisotopic (exact) mass is 291 g/mol. The number of hydrogen-bond acceptors (Lipinski definition) is 1. The van der Waals surface area contributed by atoms with Crippen molar-refractivity contribution in [1.82, 2.24) is 5.32 Å². The molecule has 0 amide bonds. The first kappa shape index (κ1) is 16.5. The standard InChI is InChI=1S/C19H30FN/c1-3-12-21-19(14-16-8-10-18(20)11-9-16)17-7-5-6-15(4-2)13-17/h8-11,15,17,19,21H,3-7,12-14H2,1-2H3. The van der Waals surface area contributed by atoms with Crippen LogP contribution in [0.15, 0.2) is 24.3 Å². The number of benzene rings is 1. The number of rotatable bonds is 7. The first-order valence-corrected chi connectivity index (χ1v) is 8.70. The Morgan fingerprint density at radius 1 is 1.19 bits per heavy atom. The lowest BCUT2D eigenvalue weighted by Crippen LogP contribution is -2.40. The number of halogens is 1. The van der Waals surface area contributed by atoms with Crippen LogP contribution in [-0.4, -0.2) is 12.6 Å². The lowest BCUT2D eigenvalue weighted by atomic mass is 9.75. The molecular formula is C19H30FN. The van der Waals surface area contributed by atoms with Crippen LogP contribution >= 0.6 is 0 Å². The Labute approximate surface area is 129 Å². The van der Waals surface area contributed by atoms with Gasteiger partial charge in [0.25, 0.3) is 0 Å². The number of hydrogen-bond donors (Lipinski definition) is 1. The van der Waals surface area contributed by atoms with Crippen molar-refractivity contribution in [2.24, 2.45) is 11.8 Å². The van der Waals surface area contributed by atoms with Crippen LogP contribution in [0.1, 0.15) is 57.9 Å². The number of nitrogens with one attached hydrogen (secondary N) is 1. The van der Waals surface area contributed by atoms with E-state index < -0.39 is 0 Å². The molecule has 1 aromatic carbocycles. The second-order valence-corrected chi connectivity index (χ2v) is 6.59. The summed E-state index contributed by atoms with van der Waals surface area (Å²) in [5.41, 5.74) is 1.25. The Kier molecular flexibility index (Phi) is 6.69. The van der Waals surface area contributed by atoms with E-state index in [4.69, 9.17) is 0 Å². The van der Waals surface area contributed by atoms with Gasteiger partial charge in [-0.1, -0.05) is 45.2 Å². The molecule has 1 fully saturated rings. The summed E-state index contributed by atoms with van der Waals surface area (Å²) >= 11 is 0. The van der Waals surface area contributed by atoms with Crippen molar-refractivity contribution in [3.05, 3.63) is 35.6 Å². The minimum atomic E-state index is -0.138. The van der Waals surface area contributed by atoms with E-state index in [2.05, 4.69) is 19.2 Å². The van der Waals surface area contributed by atoms with Crippen LogP contribution in [0, 0.1) is 17.7 Å². The van der Waals surface area contributed by atoms with Gasteiger partial charge in [0.1, 0.15) is 5.82 Å². The van der Waals surface area contributed by atoms with E-state index in [1.165, 1.54) is 44.1 Å². The molecule has 118 valence electrons. The van der Waals surface area contributed by atoms with Gasteiger partial charge < -0.3 is 5.32 Å². The highest BCUT2D eigenvalue weighted by Crippen LogP contribution is 2.33. The van der Waals surface area contributed by atoms with E-state index in [1.807, 2.05) is 12.1 Å². The van der Waals surface area contributed by atoms with E-state index in [1.54, 1.807) is 12.1 Å². The Bertz CT molecular complexity index is 401. The van der Waals surface area contributed by atoms with Crippen LogP contribution in [0.5, 0.6) is 0 Å². The lowest BCUT2D eigenvalue weighted by Gasteiger charge is -2.35. The third-order valence-electron chi connectivity index (χ3n) is 5.00. The van der Waals surface area contributed by atoms with E-state index in [0.29, 0.717) is 6.04 Å². The molecule has 1 saturated carbocycles. The van der Waals surface area contributed by atoms with Crippen LogP contribution < -0.4 is 5.32 Å². The molecule has 2 heteroatoms. The van der Waals surface area contributed by atoms with E-state index in [0.717, 1.165) is 24.8 Å². The van der Waals surface area contributed by atoms with Crippen molar-refractivity contribution < 1.29 is 4.39 Å². The maximum absolute atomic E-state index is 13.1. The molecule has 1 N–H and O–H groups in total. The third-order valence-corrected chi connectivity index (χ3v) is 5.00. The van der Waals surface area contributed by atoms with E-state index in [9.17, 15) is 4.39 Å². The molecule has 0 spiro atoms. The predicted molar refractivity (Wildman–Crippen MR) is 87.9 cm³/mol. The summed E-state index contributed by atoms with van der Waals surface area (Å²) in [5, 5.41) is 3.75. The van der Waals surface area contributed by atoms with Crippen LogP contribution in [-0.2, 0) is 6.42 Å². The van der Waals surface area contributed by atoms with Crippen molar-refractivity contribution in [2.45, 2.75) is 64.8 Å². The minimum absolute atomic E-state index is 0.138. The molecule has 0 radical (unpaired) electrons. The average Bonchev–Trinajstić information content (AvgIpc) is 2.53. The summed E-state index contributed by atoms with van der Waals surface area (Å²) in [4.78, 5) is 0. The van der Waals surface area contributed by atoms with Crippen LogP contribution in [0.2, 0.25) is 0 Å². The summed E-state index contributed by atoms with van der Waals surface area (Å²) in [6.45, 7) is 5.62. The molecule has 1 aromatic rings. The molecule has 0 aromatic heterocycles. The largest absolute Gasteiger partial charge is 0.313 e. The van der Waals surface area contributed by atoms with Gasteiger partial charge in [0.05, 0.1) is 0 Å². The molecule has 3 unspecified atom stereocenters. The summed E-state index contributed by atoms with van der Waals surface area (Å²) in [5.74, 6) is 1.55. The van der Waals surface area contributed by atoms with Gasteiger partial charge in [-0.2, -0.15) is 0 Å². The van der Waals surface area contributed by atoms with Gasteiger partial charge in [0.2, 0.25) is 0 Å². The van der Waals surface area contributed by atoms with Crippen molar-refractivity contribution in [1.29, 1.82) is 0 Å². The topological polar surface area (TPSA) is 12.0 Å². The van der Waals surface area contributed by atoms with Crippen LogP contribution in [0.4, 0.5) is 4.39 Å². The van der Waals surface area contributed by atoms with Crippen molar-refractivity contribution in [3.8, 4) is 0 Å². The Morgan fingerprint density at radius 3 is 2.62 bits per heavy atom. The molecule has 0 bridgehead atoms. The van der Waals surface area contributed by atoms with Crippen molar-refractivity contribution in [2.75, 3.05) is 6.54 Å². The highest BCUT2D eigenvalue weighted by atomic mass is 19.1. The van der Waals surface area contributed by atoms with E-state index in [-0.39, 0.29) is 5.82 Å². The Balaban J connectivity index is 2.00. The molecule has 0 saturated heterocycles. The zero-order valence-corrected chi connectivity index (χ0v) is 13.6. The second-order valence-electron chi connectivity index (χ2n) is 6.59. The maximum atomic E-state index is 13.1. The summed E-state index contributed by atoms with van der Waals surface area (Å²) in [7, 11) is 0. The van der Waals surface area contributed by atoms with Gasteiger partial charge in [0, 0.05) is 6.04 Å². The fourth-order valence-corrected chi connectivity index (χ4v) is 3.68. The highest BCUT2D eigenvalue weighted by Gasteiger charge is 2.27. The zero-order valence-electron chi connectivity index (χ0n) is 13.6. The SMILES string of the molecule is CCCNC(Cc1ccc(F)cc1)C1CCCC(CC)C1. The van der Waals surface area contributed by atoms with Crippen LogP contribution in [0.3, 0.4) is 0 Å². The fraction of sp³-hybridized carbons (Fsp3) is 0.684. The maximum Gasteiger partial charge on any atom is 0.123 e. The zero-order chi connectivity index (χ0) is 15.1. The minimum Gasteiger partial charge on any atom is -0.313 e. The molecule has 1 aliphatic carbocycles. The average molecular weight is 291 g/mol. The lowest BCUT2D eigenvalue weighted by molar-refractivity contribution is 0.207. The molecule has 0 heterocycles. The van der Waals surface area contributed by atoms with Gasteiger partial charge >= 0.3 is 0 Å². The fourth-order valence-electron chi connectivity index (χ4n) is 3.68. The van der Waals surface area contributed by atoms with Gasteiger partial charge in [0.15, 0.2) is 0 Å². The molecule has 21 heavy (non-hydrogen) atoms. The van der Waals surface area contributed by atoms with Crippen molar-refractivity contribution in [3.63, 3.8) is 0 Å². The van der Waals surface area contributed by atoms with Gasteiger partial charge in [-0.05, 0) is 61.8 Å². The Hall–Kier alpha value is -0.890. The first-order chi connectivity index (χ1) is 10.2. The van der Waals surface area contributed by atoms with Crippen molar-refractivity contribution >= 4 is 0 Å². The molecule has 2 rings (SSSR count). The molecular weight excluding hydrogens is 261 g/mol. The quantitative estimate of drug-likeness (QED) is 0.749. The summed E-state index contributed by atoms with van der Waals surface area (Å²) in [6.07, 6.45) is 9.00. The predicted octanol–water partition coefficient (Wildman–Crippen LogP) is 4.95. The van der Waals surface area contributed by atoms with E-state index >= 15 is 0 Å². The summed E-state index contributed by atoms with van der Waals surface area (Å²) in [6, 6.07) is 7.60. The highest BCUT2D eigenvalue weighted by molar-refractivity contribution is 5.17. The summed E-state index contributed by atoms with van der Waals surface area (Å²) < 4.78 is 13.1. The second kappa shape index (κ2) is 8.53. The third kappa shape index (κ3) is 5.10. The molecule has 1 nitrogen and oxygen atoms in total. The van der Waals surface area contributed by atoms with Gasteiger partial charge in [-0.3, -0.25) is 0 Å². The molecule has 3 atom stereocenters. The normalized spacial score (nSPS) is 24.0. The van der Waals surface area contributed by atoms with Gasteiger partial charge in [-0.25, -0.2) is 4.39 Å². The molecule has 0 aliphatic heterocycles. The molecule has 1 aliphatic rings. The van der Waals surface area contributed by atoms with Gasteiger partial charge in [-0.15, -0.1) is 0 Å².